The van der Waals surface area contributed by atoms with E-state index < -0.39 is 6.04 Å². The van der Waals surface area contributed by atoms with Crippen molar-refractivity contribution >= 4 is 40.1 Å². The zero-order valence-electron chi connectivity index (χ0n) is 14.8. The van der Waals surface area contributed by atoms with Gasteiger partial charge in [-0.2, -0.15) is 0 Å². The monoisotopic (exact) mass is 378 g/mol. The van der Waals surface area contributed by atoms with E-state index in [1.165, 1.54) is 23.1 Å². The Kier molecular flexibility index (Phi) is 5.34. The first-order valence-corrected chi connectivity index (χ1v) is 10.2. The van der Waals surface area contributed by atoms with Crippen LogP contribution in [-0.2, 0) is 14.3 Å². The summed E-state index contributed by atoms with van der Waals surface area (Å²) in [7, 11) is 0. The largest absolute Gasteiger partial charge is 0.462 e. The Morgan fingerprint density at radius 3 is 2.80 bits per heavy atom. The summed E-state index contributed by atoms with van der Waals surface area (Å²) in [4.78, 5) is 32.8. The summed E-state index contributed by atoms with van der Waals surface area (Å²) in [6, 6.07) is 3.45. The number of hydrogen-bond donors (Lipinski definition) is 0. The van der Waals surface area contributed by atoms with Gasteiger partial charge in [0.1, 0.15) is 6.04 Å². The predicted molar refractivity (Wildman–Crippen MR) is 102 cm³/mol. The van der Waals surface area contributed by atoms with E-state index in [0.29, 0.717) is 23.0 Å². The van der Waals surface area contributed by atoms with Crippen LogP contribution in [0.2, 0.25) is 0 Å². The van der Waals surface area contributed by atoms with Crippen LogP contribution in [0, 0.1) is 5.92 Å². The number of carbonyl (C=O) groups excluding carboxylic acids is 2. The Morgan fingerprint density at radius 1 is 1.44 bits per heavy atom. The fourth-order valence-electron chi connectivity index (χ4n) is 2.89. The van der Waals surface area contributed by atoms with Gasteiger partial charge < -0.3 is 4.74 Å². The molecule has 0 bridgehead atoms. The highest BCUT2D eigenvalue weighted by Gasteiger charge is 2.47. The molecule has 1 amide bonds. The SMILES string of the molecule is CCC1SC2=NC(C)=C(C(=O)OCC(C)C)C(c3cccs3)N2C1=O. The fourth-order valence-corrected chi connectivity index (χ4v) is 4.84. The third kappa shape index (κ3) is 3.40. The van der Waals surface area contributed by atoms with Crippen molar-refractivity contribution in [2.45, 2.75) is 45.4 Å². The number of carbonyl (C=O) groups is 2. The van der Waals surface area contributed by atoms with Crippen LogP contribution < -0.4 is 0 Å². The quantitative estimate of drug-likeness (QED) is 0.727. The molecule has 0 aliphatic carbocycles. The molecule has 3 heterocycles. The van der Waals surface area contributed by atoms with Gasteiger partial charge in [-0.3, -0.25) is 9.69 Å². The highest BCUT2D eigenvalue weighted by Crippen LogP contribution is 2.45. The molecule has 2 unspecified atom stereocenters. The maximum atomic E-state index is 12.9. The van der Waals surface area contributed by atoms with E-state index in [1.54, 1.807) is 4.90 Å². The van der Waals surface area contributed by atoms with Crippen molar-refractivity contribution in [3.8, 4) is 0 Å². The van der Waals surface area contributed by atoms with E-state index in [-0.39, 0.29) is 23.0 Å². The molecule has 0 radical (unpaired) electrons. The highest BCUT2D eigenvalue weighted by molar-refractivity contribution is 8.15. The fraction of sp³-hybridized carbons (Fsp3) is 0.500. The van der Waals surface area contributed by atoms with Crippen molar-refractivity contribution in [2.24, 2.45) is 10.9 Å². The lowest BCUT2D eigenvalue weighted by molar-refractivity contribution is -0.141. The summed E-state index contributed by atoms with van der Waals surface area (Å²) in [5.74, 6) is -0.113. The number of amidine groups is 1. The van der Waals surface area contributed by atoms with Gasteiger partial charge in [0.05, 0.1) is 23.1 Å². The van der Waals surface area contributed by atoms with E-state index in [9.17, 15) is 9.59 Å². The molecular weight excluding hydrogens is 356 g/mol. The lowest BCUT2D eigenvalue weighted by Gasteiger charge is -2.32. The zero-order chi connectivity index (χ0) is 18.1. The van der Waals surface area contributed by atoms with Crippen molar-refractivity contribution in [3.05, 3.63) is 33.7 Å². The second-order valence-corrected chi connectivity index (χ2v) is 8.68. The van der Waals surface area contributed by atoms with Gasteiger partial charge in [0.2, 0.25) is 5.91 Å². The molecule has 2 aliphatic heterocycles. The van der Waals surface area contributed by atoms with E-state index in [4.69, 9.17) is 4.74 Å². The summed E-state index contributed by atoms with van der Waals surface area (Å²) in [6.07, 6.45) is 0.738. The predicted octanol–water partition coefficient (Wildman–Crippen LogP) is 3.99. The summed E-state index contributed by atoms with van der Waals surface area (Å²) >= 11 is 3.02. The summed E-state index contributed by atoms with van der Waals surface area (Å²) in [5.41, 5.74) is 1.10. The zero-order valence-corrected chi connectivity index (χ0v) is 16.4. The van der Waals surface area contributed by atoms with Crippen LogP contribution in [0.25, 0.3) is 0 Å². The Bertz CT molecular complexity index is 738. The number of esters is 1. The molecule has 2 atom stereocenters. The number of thiophene rings is 1. The average molecular weight is 379 g/mol. The van der Waals surface area contributed by atoms with Crippen LogP contribution >= 0.6 is 23.1 Å². The molecule has 1 saturated heterocycles. The molecule has 0 spiro atoms. The topological polar surface area (TPSA) is 59.0 Å². The first-order chi connectivity index (χ1) is 11.9. The number of nitrogens with zero attached hydrogens (tertiary/aromatic N) is 2. The number of hydrogen-bond acceptors (Lipinski definition) is 6. The Morgan fingerprint density at radius 2 is 2.20 bits per heavy atom. The average Bonchev–Trinajstić information content (AvgIpc) is 3.19. The van der Waals surface area contributed by atoms with E-state index in [0.717, 1.165) is 11.3 Å². The Balaban J connectivity index is 2.02. The molecule has 1 aromatic rings. The highest BCUT2D eigenvalue weighted by atomic mass is 32.2. The number of fused-ring (bicyclic) bond motifs is 1. The lowest BCUT2D eigenvalue weighted by atomic mass is 10.00. The molecule has 0 aromatic carbocycles. The number of thioether (sulfide) groups is 1. The molecule has 3 rings (SSSR count). The van der Waals surface area contributed by atoms with Crippen molar-refractivity contribution in [3.63, 3.8) is 0 Å². The van der Waals surface area contributed by atoms with Crippen LogP contribution in [0.15, 0.2) is 33.8 Å². The molecule has 7 heteroatoms. The molecule has 25 heavy (non-hydrogen) atoms. The van der Waals surface area contributed by atoms with Crippen LogP contribution in [0.1, 0.15) is 45.0 Å². The molecular formula is C18H22N2O3S2. The second kappa shape index (κ2) is 7.33. The second-order valence-electron chi connectivity index (χ2n) is 6.53. The molecule has 5 nitrogen and oxygen atoms in total. The lowest BCUT2D eigenvalue weighted by Crippen LogP contribution is -2.40. The van der Waals surface area contributed by atoms with Gasteiger partial charge in [-0.15, -0.1) is 11.3 Å². The molecule has 0 N–H and O–H groups in total. The molecule has 2 aliphatic rings. The third-order valence-corrected chi connectivity index (χ3v) is 6.35. The number of rotatable bonds is 5. The maximum absolute atomic E-state index is 12.9. The van der Waals surface area contributed by atoms with Gasteiger partial charge in [0, 0.05) is 4.88 Å². The van der Waals surface area contributed by atoms with Crippen molar-refractivity contribution in [1.29, 1.82) is 0 Å². The van der Waals surface area contributed by atoms with Gasteiger partial charge in [0.25, 0.3) is 0 Å². The minimum absolute atomic E-state index is 0.0197. The van der Waals surface area contributed by atoms with E-state index in [1.807, 2.05) is 45.2 Å². The maximum Gasteiger partial charge on any atom is 0.338 e. The van der Waals surface area contributed by atoms with Gasteiger partial charge in [-0.25, -0.2) is 9.79 Å². The van der Waals surface area contributed by atoms with Gasteiger partial charge in [-0.1, -0.05) is 38.6 Å². The van der Waals surface area contributed by atoms with Crippen molar-refractivity contribution in [2.75, 3.05) is 6.61 Å². The standard InChI is InChI=1S/C18H22N2O3S2/c1-5-12-16(21)20-15(13-7-6-8-24-13)14(11(4)19-18(20)25-12)17(22)23-9-10(2)3/h6-8,10,12,15H,5,9H2,1-4H3. The number of aliphatic imine (C=N–C) groups is 1. The van der Waals surface area contributed by atoms with Crippen LogP contribution in [0.5, 0.6) is 0 Å². The van der Waals surface area contributed by atoms with Crippen LogP contribution in [0.4, 0.5) is 0 Å². The third-order valence-electron chi connectivity index (χ3n) is 4.10. The first-order valence-electron chi connectivity index (χ1n) is 8.43. The van der Waals surface area contributed by atoms with Gasteiger partial charge >= 0.3 is 5.97 Å². The van der Waals surface area contributed by atoms with Gasteiger partial charge in [-0.05, 0) is 30.7 Å². The minimum atomic E-state index is -0.441. The number of allylic oxidation sites excluding steroid dienone is 1. The van der Waals surface area contributed by atoms with E-state index >= 15 is 0 Å². The molecule has 1 aromatic heterocycles. The van der Waals surface area contributed by atoms with Crippen LogP contribution in [0.3, 0.4) is 0 Å². The van der Waals surface area contributed by atoms with Crippen molar-refractivity contribution in [1.82, 2.24) is 4.90 Å². The Hall–Kier alpha value is -1.60. The van der Waals surface area contributed by atoms with E-state index in [2.05, 4.69) is 4.99 Å². The molecule has 134 valence electrons. The smallest absolute Gasteiger partial charge is 0.338 e. The first kappa shape index (κ1) is 18.2. The molecule has 0 saturated carbocycles. The Labute approximate surface area is 156 Å². The summed E-state index contributed by atoms with van der Waals surface area (Å²) < 4.78 is 5.47. The van der Waals surface area contributed by atoms with Gasteiger partial charge in [0.15, 0.2) is 5.17 Å². The number of ether oxygens (including phenoxy) is 1. The van der Waals surface area contributed by atoms with Crippen molar-refractivity contribution < 1.29 is 14.3 Å². The summed E-state index contributed by atoms with van der Waals surface area (Å²) in [6.45, 7) is 8.15. The normalized spacial score (nSPS) is 23.2. The summed E-state index contributed by atoms with van der Waals surface area (Å²) in [5, 5.41) is 2.51. The van der Waals surface area contributed by atoms with Crippen LogP contribution in [-0.4, -0.2) is 33.8 Å². The minimum Gasteiger partial charge on any atom is -0.462 e. The number of amides is 1. The molecule has 1 fully saturated rings.